The van der Waals surface area contributed by atoms with Crippen molar-refractivity contribution in [2.24, 2.45) is 5.92 Å². The fraction of sp³-hybridized carbons (Fsp3) is 0.929. The number of piperidine rings is 1. The van der Waals surface area contributed by atoms with E-state index in [1.165, 1.54) is 0 Å². The molecule has 3 atom stereocenters. The summed E-state index contributed by atoms with van der Waals surface area (Å²) in [5.74, 6) is 0.458. The van der Waals surface area contributed by atoms with E-state index in [-0.39, 0.29) is 17.6 Å². The zero-order chi connectivity index (χ0) is 13.3. The molecule has 0 aromatic heterocycles. The van der Waals surface area contributed by atoms with Crippen molar-refractivity contribution in [3.8, 4) is 0 Å². The number of hydrogen-bond donors (Lipinski definition) is 1. The van der Waals surface area contributed by atoms with Gasteiger partial charge in [-0.2, -0.15) is 0 Å². The smallest absolute Gasteiger partial charge is 0.227 e. The van der Waals surface area contributed by atoms with E-state index < -0.39 is 0 Å². The predicted octanol–water partition coefficient (Wildman–Crippen LogP) is 1.40. The van der Waals surface area contributed by atoms with Gasteiger partial charge in [-0.05, 0) is 40.5 Å². The van der Waals surface area contributed by atoms with E-state index in [0.29, 0.717) is 18.5 Å². The van der Waals surface area contributed by atoms with Crippen LogP contribution in [0.3, 0.4) is 0 Å². The number of nitrogens with one attached hydrogen (secondary N) is 1. The minimum absolute atomic E-state index is 0.133. The lowest BCUT2D eigenvalue weighted by Crippen LogP contribution is -2.56. The minimum Gasteiger partial charge on any atom is -0.369 e. The third-order valence-electron chi connectivity index (χ3n) is 3.89. The zero-order valence-electron chi connectivity index (χ0n) is 12.0. The summed E-state index contributed by atoms with van der Waals surface area (Å²) in [6.45, 7) is 10.6. The van der Waals surface area contributed by atoms with Crippen molar-refractivity contribution in [2.45, 2.75) is 58.3 Å². The summed E-state index contributed by atoms with van der Waals surface area (Å²) >= 11 is 0. The molecule has 3 unspecified atom stereocenters. The van der Waals surface area contributed by atoms with E-state index in [2.05, 4.69) is 26.1 Å². The van der Waals surface area contributed by atoms with Crippen LogP contribution in [0.5, 0.6) is 0 Å². The maximum Gasteiger partial charge on any atom is 0.227 e. The Labute approximate surface area is 110 Å². The van der Waals surface area contributed by atoms with Crippen molar-refractivity contribution in [2.75, 3.05) is 19.6 Å². The quantitative estimate of drug-likeness (QED) is 0.769. The summed E-state index contributed by atoms with van der Waals surface area (Å²) in [5, 5.41) is 3.41. The van der Waals surface area contributed by atoms with Crippen LogP contribution in [0.15, 0.2) is 0 Å². The molecule has 4 heteroatoms. The number of nitrogens with zero attached hydrogens (tertiary/aromatic N) is 1. The number of amides is 1. The van der Waals surface area contributed by atoms with Gasteiger partial charge in [-0.3, -0.25) is 4.79 Å². The molecule has 2 saturated heterocycles. The van der Waals surface area contributed by atoms with Crippen LogP contribution in [0, 0.1) is 5.92 Å². The van der Waals surface area contributed by atoms with E-state index >= 15 is 0 Å². The molecule has 4 nitrogen and oxygen atoms in total. The molecule has 2 aliphatic heterocycles. The standard InChI is InChI=1S/C14H26N2O2/c1-10-5-6-12(7-15-10)13(17)16-8-11(2)18-14(3,4)9-16/h10-12,15H,5-9H2,1-4H3. The summed E-state index contributed by atoms with van der Waals surface area (Å²) in [7, 11) is 0. The largest absolute Gasteiger partial charge is 0.369 e. The fourth-order valence-corrected chi connectivity index (χ4v) is 3.09. The van der Waals surface area contributed by atoms with Gasteiger partial charge in [0.15, 0.2) is 0 Å². The van der Waals surface area contributed by atoms with E-state index in [1.807, 2.05) is 11.8 Å². The van der Waals surface area contributed by atoms with Gasteiger partial charge in [0.05, 0.1) is 17.6 Å². The molecule has 0 bridgehead atoms. The predicted molar refractivity (Wildman–Crippen MR) is 71.4 cm³/mol. The number of rotatable bonds is 1. The normalized spacial score (nSPS) is 36.4. The summed E-state index contributed by atoms with van der Waals surface area (Å²) in [5.41, 5.74) is -0.220. The Morgan fingerprint density at radius 1 is 1.33 bits per heavy atom. The maximum atomic E-state index is 12.5. The Morgan fingerprint density at radius 3 is 2.61 bits per heavy atom. The van der Waals surface area contributed by atoms with Crippen LogP contribution >= 0.6 is 0 Å². The highest BCUT2D eigenvalue weighted by molar-refractivity contribution is 5.79. The molecule has 2 heterocycles. The van der Waals surface area contributed by atoms with Crippen LogP contribution < -0.4 is 5.32 Å². The van der Waals surface area contributed by atoms with Crippen molar-refractivity contribution in [1.29, 1.82) is 0 Å². The third kappa shape index (κ3) is 3.23. The lowest BCUT2D eigenvalue weighted by Gasteiger charge is -2.43. The fourth-order valence-electron chi connectivity index (χ4n) is 3.09. The average Bonchev–Trinajstić information content (AvgIpc) is 2.26. The lowest BCUT2D eigenvalue weighted by atomic mass is 9.93. The van der Waals surface area contributed by atoms with Gasteiger partial charge in [0.2, 0.25) is 5.91 Å². The van der Waals surface area contributed by atoms with Crippen LogP contribution in [-0.4, -0.2) is 48.2 Å². The second-order valence-corrected chi connectivity index (χ2v) is 6.49. The SMILES string of the molecule is CC1CCC(C(=O)N2CC(C)OC(C)(C)C2)CN1. The first-order valence-corrected chi connectivity index (χ1v) is 7.07. The number of carbonyl (C=O) groups excluding carboxylic acids is 1. The summed E-state index contributed by atoms with van der Waals surface area (Å²) in [6.07, 6.45) is 2.24. The monoisotopic (exact) mass is 254 g/mol. The Morgan fingerprint density at radius 2 is 2.06 bits per heavy atom. The molecule has 18 heavy (non-hydrogen) atoms. The Kier molecular flexibility index (Phi) is 3.97. The molecule has 0 saturated carbocycles. The van der Waals surface area contributed by atoms with E-state index in [9.17, 15) is 4.79 Å². The molecule has 104 valence electrons. The van der Waals surface area contributed by atoms with Crippen molar-refractivity contribution < 1.29 is 9.53 Å². The molecule has 0 aromatic rings. The number of hydrogen-bond acceptors (Lipinski definition) is 3. The molecular weight excluding hydrogens is 228 g/mol. The van der Waals surface area contributed by atoms with Crippen LogP contribution in [0.1, 0.15) is 40.5 Å². The van der Waals surface area contributed by atoms with Crippen LogP contribution in [0.4, 0.5) is 0 Å². The van der Waals surface area contributed by atoms with Gasteiger partial charge in [-0.25, -0.2) is 0 Å². The van der Waals surface area contributed by atoms with Crippen molar-refractivity contribution in [3.05, 3.63) is 0 Å². The highest BCUT2D eigenvalue weighted by atomic mass is 16.5. The van der Waals surface area contributed by atoms with Crippen LogP contribution in [-0.2, 0) is 9.53 Å². The van der Waals surface area contributed by atoms with Gasteiger partial charge < -0.3 is 15.0 Å². The van der Waals surface area contributed by atoms with Gasteiger partial charge in [-0.1, -0.05) is 0 Å². The molecule has 0 spiro atoms. The van der Waals surface area contributed by atoms with E-state index in [1.54, 1.807) is 0 Å². The number of ether oxygens (including phenoxy) is 1. The second-order valence-electron chi connectivity index (χ2n) is 6.49. The van der Waals surface area contributed by atoms with E-state index in [0.717, 1.165) is 25.9 Å². The first-order chi connectivity index (χ1) is 8.37. The molecule has 1 N–H and O–H groups in total. The third-order valence-corrected chi connectivity index (χ3v) is 3.89. The molecule has 2 aliphatic rings. The molecule has 0 aliphatic carbocycles. The molecular formula is C14H26N2O2. The highest BCUT2D eigenvalue weighted by Crippen LogP contribution is 2.24. The zero-order valence-corrected chi connectivity index (χ0v) is 12.0. The van der Waals surface area contributed by atoms with Gasteiger partial charge in [-0.15, -0.1) is 0 Å². The number of carbonyl (C=O) groups is 1. The van der Waals surface area contributed by atoms with E-state index in [4.69, 9.17) is 4.74 Å². The van der Waals surface area contributed by atoms with Gasteiger partial charge in [0.1, 0.15) is 0 Å². The summed E-state index contributed by atoms with van der Waals surface area (Å²) in [6, 6.07) is 0.550. The van der Waals surface area contributed by atoms with Gasteiger partial charge in [0.25, 0.3) is 0 Å². The number of morpholine rings is 1. The Balaban J connectivity index is 1.96. The lowest BCUT2D eigenvalue weighted by molar-refractivity contribution is -0.162. The summed E-state index contributed by atoms with van der Waals surface area (Å²) in [4.78, 5) is 14.5. The maximum absolute atomic E-state index is 12.5. The topological polar surface area (TPSA) is 41.6 Å². The molecule has 2 fully saturated rings. The van der Waals surface area contributed by atoms with Gasteiger partial charge in [0, 0.05) is 25.7 Å². The molecule has 1 amide bonds. The van der Waals surface area contributed by atoms with Crippen molar-refractivity contribution >= 4 is 5.91 Å². The van der Waals surface area contributed by atoms with Crippen molar-refractivity contribution in [3.63, 3.8) is 0 Å². The minimum atomic E-state index is -0.220. The Hall–Kier alpha value is -0.610. The Bertz CT molecular complexity index is 309. The first kappa shape index (κ1) is 13.8. The second kappa shape index (κ2) is 5.17. The molecule has 2 rings (SSSR count). The van der Waals surface area contributed by atoms with Crippen molar-refractivity contribution in [1.82, 2.24) is 10.2 Å². The first-order valence-electron chi connectivity index (χ1n) is 7.07. The molecule has 0 radical (unpaired) electrons. The van der Waals surface area contributed by atoms with Crippen LogP contribution in [0.25, 0.3) is 0 Å². The summed E-state index contributed by atoms with van der Waals surface area (Å²) < 4.78 is 5.85. The van der Waals surface area contributed by atoms with Crippen LogP contribution in [0.2, 0.25) is 0 Å². The molecule has 0 aromatic carbocycles. The van der Waals surface area contributed by atoms with Gasteiger partial charge >= 0.3 is 0 Å². The average molecular weight is 254 g/mol. The highest BCUT2D eigenvalue weighted by Gasteiger charge is 2.36.